The third-order valence-corrected chi connectivity index (χ3v) is 4.13. The molecule has 2 aromatic rings. The monoisotopic (exact) mass is 262 g/mol. The molecule has 1 atom stereocenters. The van der Waals surface area contributed by atoms with Gasteiger partial charge >= 0.3 is 0 Å². The van der Waals surface area contributed by atoms with Gasteiger partial charge in [-0.25, -0.2) is 0 Å². The van der Waals surface area contributed by atoms with Crippen molar-refractivity contribution in [3.63, 3.8) is 0 Å². The number of nitriles is 1. The van der Waals surface area contributed by atoms with Crippen LogP contribution < -0.4 is 4.90 Å². The van der Waals surface area contributed by atoms with Gasteiger partial charge in [0.15, 0.2) is 0 Å². The van der Waals surface area contributed by atoms with Crippen molar-refractivity contribution in [1.82, 2.24) is 0 Å². The molecule has 1 aliphatic heterocycles. The zero-order chi connectivity index (χ0) is 13.9. The van der Waals surface area contributed by atoms with E-state index >= 15 is 0 Å². The van der Waals surface area contributed by atoms with E-state index in [2.05, 4.69) is 54.3 Å². The van der Waals surface area contributed by atoms with Crippen LogP contribution in [0.15, 0.2) is 48.5 Å². The molecule has 1 unspecified atom stereocenters. The molecule has 1 aliphatic rings. The lowest BCUT2D eigenvalue weighted by molar-refractivity contribution is 0.775. The molecule has 2 heteroatoms. The minimum Gasteiger partial charge on any atom is -0.370 e. The van der Waals surface area contributed by atoms with Gasteiger partial charge in [0, 0.05) is 19.0 Å². The van der Waals surface area contributed by atoms with Crippen molar-refractivity contribution in [3.8, 4) is 6.07 Å². The van der Waals surface area contributed by atoms with Crippen molar-refractivity contribution in [2.75, 3.05) is 18.0 Å². The molecule has 1 saturated heterocycles. The highest BCUT2D eigenvalue weighted by Crippen LogP contribution is 2.34. The molecule has 0 aromatic heterocycles. The normalized spacial score (nSPS) is 18.0. The lowest BCUT2D eigenvalue weighted by Crippen LogP contribution is -2.21. The van der Waals surface area contributed by atoms with Gasteiger partial charge in [0.05, 0.1) is 11.3 Å². The molecule has 2 nitrogen and oxygen atoms in total. The van der Waals surface area contributed by atoms with Crippen LogP contribution in [0.25, 0.3) is 0 Å². The Morgan fingerprint density at radius 1 is 1.10 bits per heavy atom. The number of rotatable bonds is 2. The highest BCUT2D eigenvalue weighted by atomic mass is 15.2. The van der Waals surface area contributed by atoms with E-state index in [1.807, 2.05) is 12.1 Å². The fraction of sp³-hybridized carbons (Fsp3) is 0.278. The minimum absolute atomic E-state index is 0.572. The molecule has 0 amide bonds. The first-order valence-corrected chi connectivity index (χ1v) is 7.09. The number of nitrogens with zero attached hydrogens (tertiary/aromatic N) is 2. The predicted molar refractivity (Wildman–Crippen MR) is 81.9 cm³/mol. The molecular formula is C18H18N2. The SMILES string of the molecule is Cc1cccc(C#N)c1N1CCC(c2ccccc2)C1. The van der Waals surface area contributed by atoms with Crippen LogP contribution in [0, 0.1) is 18.3 Å². The summed E-state index contributed by atoms with van der Waals surface area (Å²) in [6, 6.07) is 19.0. The van der Waals surface area contributed by atoms with E-state index in [0.29, 0.717) is 5.92 Å². The molecule has 20 heavy (non-hydrogen) atoms. The topological polar surface area (TPSA) is 27.0 Å². The van der Waals surface area contributed by atoms with Crippen LogP contribution in [-0.4, -0.2) is 13.1 Å². The largest absolute Gasteiger partial charge is 0.370 e. The van der Waals surface area contributed by atoms with Gasteiger partial charge in [0.2, 0.25) is 0 Å². The van der Waals surface area contributed by atoms with Gasteiger partial charge in [-0.2, -0.15) is 5.26 Å². The van der Waals surface area contributed by atoms with Crippen molar-refractivity contribution in [2.45, 2.75) is 19.3 Å². The number of benzene rings is 2. The van der Waals surface area contributed by atoms with Crippen molar-refractivity contribution in [2.24, 2.45) is 0 Å². The Labute approximate surface area is 120 Å². The smallest absolute Gasteiger partial charge is 0.101 e. The summed E-state index contributed by atoms with van der Waals surface area (Å²) < 4.78 is 0. The summed E-state index contributed by atoms with van der Waals surface area (Å²) in [6.07, 6.45) is 1.16. The maximum atomic E-state index is 9.31. The molecule has 0 saturated carbocycles. The van der Waals surface area contributed by atoms with Crippen LogP contribution >= 0.6 is 0 Å². The Bertz CT molecular complexity index is 640. The molecule has 0 bridgehead atoms. The molecule has 0 aliphatic carbocycles. The van der Waals surface area contributed by atoms with Gasteiger partial charge in [0.1, 0.15) is 6.07 Å². The average molecular weight is 262 g/mol. The van der Waals surface area contributed by atoms with Gasteiger partial charge in [-0.05, 0) is 30.5 Å². The third kappa shape index (κ3) is 2.28. The Balaban J connectivity index is 1.87. The molecule has 1 fully saturated rings. The van der Waals surface area contributed by atoms with E-state index in [9.17, 15) is 5.26 Å². The second-order valence-corrected chi connectivity index (χ2v) is 5.43. The Morgan fingerprint density at radius 3 is 2.65 bits per heavy atom. The van der Waals surface area contributed by atoms with Crippen LogP contribution in [-0.2, 0) is 0 Å². The van der Waals surface area contributed by atoms with Crippen LogP contribution in [0.5, 0.6) is 0 Å². The quantitative estimate of drug-likeness (QED) is 0.821. The number of hydrogen-bond donors (Lipinski definition) is 0. The summed E-state index contributed by atoms with van der Waals surface area (Å²) in [6.45, 7) is 4.12. The van der Waals surface area contributed by atoms with Crippen LogP contribution in [0.2, 0.25) is 0 Å². The molecular weight excluding hydrogens is 244 g/mol. The first kappa shape index (κ1) is 12.7. The van der Waals surface area contributed by atoms with Crippen molar-refractivity contribution in [3.05, 3.63) is 65.2 Å². The van der Waals surface area contributed by atoms with E-state index < -0.39 is 0 Å². The maximum absolute atomic E-state index is 9.31. The van der Waals surface area contributed by atoms with Gasteiger partial charge in [-0.1, -0.05) is 42.5 Å². The summed E-state index contributed by atoms with van der Waals surface area (Å²) in [5, 5.41) is 9.31. The predicted octanol–water partition coefficient (Wildman–Crippen LogP) is 3.86. The van der Waals surface area contributed by atoms with Crippen LogP contribution in [0.1, 0.15) is 29.0 Å². The van der Waals surface area contributed by atoms with E-state index in [0.717, 1.165) is 30.8 Å². The summed E-state index contributed by atoms with van der Waals surface area (Å²) >= 11 is 0. The lowest BCUT2D eigenvalue weighted by atomic mass is 9.99. The summed E-state index contributed by atoms with van der Waals surface area (Å²) in [5.74, 6) is 0.572. The Hall–Kier alpha value is -2.27. The molecule has 100 valence electrons. The van der Waals surface area contributed by atoms with Gasteiger partial charge < -0.3 is 4.90 Å². The minimum atomic E-state index is 0.572. The summed E-state index contributed by atoms with van der Waals surface area (Å²) in [7, 11) is 0. The maximum Gasteiger partial charge on any atom is 0.101 e. The van der Waals surface area contributed by atoms with Crippen molar-refractivity contribution in [1.29, 1.82) is 5.26 Å². The van der Waals surface area contributed by atoms with Crippen LogP contribution in [0.4, 0.5) is 5.69 Å². The summed E-state index contributed by atoms with van der Waals surface area (Å²) in [5.41, 5.74) is 4.51. The van der Waals surface area contributed by atoms with Gasteiger partial charge in [0.25, 0.3) is 0 Å². The molecule has 1 heterocycles. The zero-order valence-corrected chi connectivity index (χ0v) is 11.7. The van der Waals surface area contributed by atoms with E-state index in [4.69, 9.17) is 0 Å². The molecule has 0 radical (unpaired) electrons. The third-order valence-electron chi connectivity index (χ3n) is 4.13. The van der Waals surface area contributed by atoms with Crippen molar-refractivity contribution >= 4 is 5.69 Å². The fourth-order valence-corrected chi connectivity index (χ4v) is 3.13. The fourth-order valence-electron chi connectivity index (χ4n) is 3.13. The standard InChI is InChI=1S/C18H18N2/c1-14-6-5-9-16(12-19)18(14)20-11-10-17(13-20)15-7-3-2-4-8-15/h2-9,17H,10-11,13H2,1H3. The highest BCUT2D eigenvalue weighted by molar-refractivity contribution is 5.64. The molecule has 0 spiro atoms. The lowest BCUT2D eigenvalue weighted by Gasteiger charge is -2.22. The van der Waals surface area contributed by atoms with Gasteiger partial charge in [-0.15, -0.1) is 0 Å². The first-order chi connectivity index (χ1) is 9.79. The first-order valence-electron chi connectivity index (χ1n) is 7.09. The number of para-hydroxylation sites is 1. The number of hydrogen-bond acceptors (Lipinski definition) is 2. The van der Waals surface area contributed by atoms with E-state index in [-0.39, 0.29) is 0 Å². The van der Waals surface area contributed by atoms with E-state index in [1.54, 1.807) is 0 Å². The number of aryl methyl sites for hydroxylation is 1. The Kier molecular flexibility index (Phi) is 3.43. The highest BCUT2D eigenvalue weighted by Gasteiger charge is 2.26. The second-order valence-electron chi connectivity index (χ2n) is 5.43. The number of anilines is 1. The molecule has 3 rings (SSSR count). The van der Waals surface area contributed by atoms with Gasteiger partial charge in [-0.3, -0.25) is 0 Å². The van der Waals surface area contributed by atoms with E-state index in [1.165, 1.54) is 11.1 Å². The van der Waals surface area contributed by atoms with Crippen LogP contribution in [0.3, 0.4) is 0 Å². The zero-order valence-electron chi connectivity index (χ0n) is 11.7. The Morgan fingerprint density at radius 2 is 1.90 bits per heavy atom. The molecule has 0 N–H and O–H groups in total. The summed E-state index contributed by atoms with van der Waals surface area (Å²) in [4.78, 5) is 2.37. The van der Waals surface area contributed by atoms with Crippen molar-refractivity contribution < 1.29 is 0 Å². The second kappa shape index (κ2) is 5.38. The average Bonchev–Trinajstić information content (AvgIpc) is 2.97. The molecule has 2 aromatic carbocycles.